The molecule has 0 spiro atoms. The molecule has 0 N–H and O–H groups in total. The number of halogens is 2. The van der Waals surface area contributed by atoms with Gasteiger partial charge in [-0.25, -0.2) is 0 Å². The highest BCUT2D eigenvalue weighted by Gasteiger charge is 2.10. The van der Waals surface area contributed by atoms with Gasteiger partial charge < -0.3 is 14.1 Å². The minimum atomic E-state index is 0.501. The molecule has 0 amide bonds. The number of hydrogen-bond acceptors (Lipinski definition) is 4. The Morgan fingerprint density at radius 2 is 1.67 bits per heavy atom. The van der Waals surface area contributed by atoms with Crippen LogP contribution >= 0.6 is 23.2 Å². The molecule has 2 heterocycles. The maximum absolute atomic E-state index is 6.07. The maximum atomic E-state index is 6.07. The van der Waals surface area contributed by atoms with Crippen LogP contribution in [-0.2, 0) is 4.74 Å². The quantitative estimate of drug-likeness (QED) is 0.516. The fourth-order valence-corrected chi connectivity index (χ4v) is 3.23. The second kappa shape index (κ2) is 8.17. The van der Waals surface area contributed by atoms with Crippen LogP contribution in [0, 0.1) is 0 Å². The molecule has 4 nitrogen and oxygen atoms in total. The molecule has 3 aromatic rings. The smallest absolute Gasteiger partial charge is 0.145 e. The summed E-state index contributed by atoms with van der Waals surface area (Å²) >= 11 is 12.0. The van der Waals surface area contributed by atoms with Crippen molar-refractivity contribution in [2.24, 2.45) is 4.99 Å². The third-order valence-corrected chi connectivity index (χ3v) is 5.14. The number of furan rings is 1. The number of morpholine rings is 1. The van der Waals surface area contributed by atoms with Crippen molar-refractivity contribution in [1.82, 2.24) is 0 Å². The van der Waals surface area contributed by atoms with Gasteiger partial charge in [0.15, 0.2) is 0 Å². The lowest BCUT2D eigenvalue weighted by molar-refractivity contribution is 0.122. The lowest BCUT2D eigenvalue weighted by Gasteiger charge is -2.28. The molecule has 0 bridgehead atoms. The predicted octanol–water partition coefficient (Wildman–Crippen LogP) is 5.84. The summed E-state index contributed by atoms with van der Waals surface area (Å²) in [4.78, 5) is 6.80. The van der Waals surface area contributed by atoms with Crippen molar-refractivity contribution < 1.29 is 9.15 Å². The Morgan fingerprint density at radius 3 is 2.41 bits per heavy atom. The Hall–Kier alpha value is -2.27. The highest BCUT2D eigenvalue weighted by atomic mass is 35.5. The zero-order valence-electron chi connectivity index (χ0n) is 14.6. The molecule has 1 saturated heterocycles. The second-order valence-corrected chi connectivity index (χ2v) is 7.02. The fraction of sp³-hybridized carbons (Fsp3) is 0.190. The molecule has 138 valence electrons. The van der Waals surface area contributed by atoms with E-state index in [0.717, 1.165) is 43.3 Å². The van der Waals surface area contributed by atoms with Gasteiger partial charge >= 0.3 is 0 Å². The van der Waals surface area contributed by atoms with Crippen molar-refractivity contribution in [3.05, 3.63) is 70.4 Å². The third kappa shape index (κ3) is 4.35. The molecule has 1 aromatic heterocycles. The Bertz CT molecular complexity index is 945. The van der Waals surface area contributed by atoms with Crippen LogP contribution in [0.4, 0.5) is 11.4 Å². The van der Waals surface area contributed by atoms with Gasteiger partial charge in [0, 0.05) is 24.3 Å². The normalized spacial score (nSPS) is 14.8. The highest BCUT2D eigenvalue weighted by Crippen LogP contribution is 2.29. The number of anilines is 1. The minimum Gasteiger partial charge on any atom is -0.455 e. The van der Waals surface area contributed by atoms with E-state index in [1.165, 1.54) is 5.69 Å². The Morgan fingerprint density at radius 1 is 0.889 bits per heavy atom. The summed E-state index contributed by atoms with van der Waals surface area (Å²) in [5, 5.41) is 1.02. The number of benzene rings is 2. The van der Waals surface area contributed by atoms with E-state index < -0.39 is 0 Å². The fourth-order valence-electron chi connectivity index (χ4n) is 2.94. The topological polar surface area (TPSA) is 38.0 Å². The van der Waals surface area contributed by atoms with E-state index in [1.807, 2.05) is 30.3 Å². The molecule has 1 aliphatic rings. The number of aliphatic imine (C=N–C) groups is 1. The molecule has 0 saturated carbocycles. The van der Waals surface area contributed by atoms with E-state index in [1.54, 1.807) is 18.3 Å². The average Bonchev–Trinajstić information content (AvgIpc) is 3.19. The van der Waals surface area contributed by atoms with Crippen molar-refractivity contribution >= 4 is 40.8 Å². The molecule has 6 heteroatoms. The first kappa shape index (κ1) is 18.1. The first-order valence-electron chi connectivity index (χ1n) is 8.71. The molecule has 1 fully saturated rings. The van der Waals surface area contributed by atoms with Crippen LogP contribution in [0.15, 0.2) is 64.0 Å². The molecule has 27 heavy (non-hydrogen) atoms. The molecule has 0 radical (unpaired) electrons. The van der Waals surface area contributed by atoms with Gasteiger partial charge in [-0.1, -0.05) is 23.2 Å². The van der Waals surface area contributed by atoms with E-state index in [9.17, 15) is 0 Å². The maximum Gasteiger partial charge on any atom is 0.145 e. The molecule has 0 aliphatic carbocycles. The summed E-state index contributed by atoms with van der Waals surface area (Å²) < 4.78 is 11.2. The van der Waals surface area contributed by atoms with Crippen LogP contribution in [0.3, 0.4) is 0 Å². The van der Waals surface area contributed by atoms with Crippen LogP contribution in [0.25, 0.3) is 11.3 Å². The minimum absolute atomic E-state index is 0.501. The van der Waals surface area contributed by atoms with Crippen LogP contribution in [0.2, 0.25) is 10.0 Å². The van der Waals surface area contributed by atoms with E-state index in [2.05, 4.69) is 22.0 Å². The van der Waals surface area contributed by atoms with Crippen LogP contribution in [0.1, 0.15) is 5.76 Å². The van der Waals surface area contributed by atoms with Gasteiger partial charge in [0.25, 0.3) is 0 Å². The first-order chi connectivity index (χ1) is 13.2. The number of rotatable bonds is 4. The standard InChI is InChI=1S/C21H18Cl2N2O2/c22-19-7-1-15(13-20(19)23)21-8-6-18(27-21)14-24-16-2-4-17(5-3-16)25-9-11-26-12-10-25/h1-8,13-14H,9-12H2. The lowest BCUT2D eigenvalue weighted by atomic mass is 10.2. The summed E-state index contributed by atoms with van der Waals surface area (Å²) in [5.41, 5.74) is 2.94. The summed E-state index contributed by atoms with van der Waals surface area (Å²) in [6.45, 7) is 3.40. The molecular formula is C21H18Cl2N2O2. The summed E-state index contributed by atoms with van der Waals surface area (Å²) in [7, 11) is 0. The predicted molar refractivity (Wildman–Crippen MR) is 111 cm³/mol. The molecule has 0 atom stereocenters. The molecule has 0 unspecified atom stereocenters. The Labute approximate surface area is 168 Å². The van der Waals surface area contributed by atoms with Gasteiger partial charge in [0.1, 0.15) is 11.5 Å². The van der Waals surface area contributed by atoms with Gasteiger partial charge in [0.2, 0.25) is 0 Å². The zero-order valence-corrected chi connectivity index (χ0v) is 16.1. The summed E-state index contributed by atoms with van der Waals surface area (Å²) in [6, 6.07) is 17.4. The number of nitrogens with zero attached hydrogens (tertiary/aromatic N) is 2. The average molecular weight is 401 g/mol. The molecular weight excluding hydrogens is 383 g/mol. The van der Waals surface area contributed by atoms with Gasteiger partial charge in [0.05, 0.1) is 35.2 Å². The van der Waals surface area contributed by atoms with Gasteiger partial charge in [-0.3, -0.25) is 4.99 Å². The Kier molecular flexibility index (Phi) is 5.48. The SMILES string of the molecule is Clc1ccc(-c2ccc(C=Nc3ccc(N4CCOCC4)cc3)o2)cc1Cl. The largest absolute Gasteiger partial charge is 0.455 e. The number of hydrogen-bond donors (Lipinski definition) is 0. The van der Waals surface area contributed by atoms with Crippen molar-refractivity contribution in [2.75, 3.05) is 31.2 Å². The molecule has 4 rings (SSSR count). The molecule has 2 aromatic carbocycles. The van der Waals surface area contributed by atoms with Crippen molar-refractivity contribution in [3.63, 3.8) is 0 Å². The van der Waals surface area contributed by atoms with Crippen LogP contribution in [-0.4, -0.2) is 32.5 Å². The van der Waals surface area contributed by atoms with Crippen LogP contribution in [0.5, 0.6) is 0 Å². The highest BCUT2D eigenvalue weighted by molar-refractivity contribution is 6.42. The second-order valence-electron chi connectivity index (χ2n) is 6.20. The molecule has 1 aliphatic heterocycles. The van der Waals surface area contributed by atoms with Crippen molar-refractivity contribution in [2.45, 2.75) is 0 Å². The summed E-state index contributed by atoms with van der Waals surface area (Å²) in [5.74, 6) is 1.39. The monoisotopic (exact) mass is 400 g/mol. The van der Waals surface area contributed by atoms with E-state index in [4.69, 9.17) is 32.4 Å². The Balaban J connectivity index is 1.45. The van der Waals surface area contributed by atoms with Gasteiger partial charge in [-0.2, -0.15) is 0 Å². The van der Waals surface area contributed by atoms with Crippen molar-refractivity contribution in [3.8, 4) is 11.3 Å². The van der Waals surface area contributed by atoms with Crippen molar-refractivity contribution in [1.29, 1.82) is 0 Å². The van der Waals surface area contributed by atoms with Crippen LogP contribution < -0.4 is 4.90 Å². The summed E-state index contributed by atoms with van der Waals surface area (Å²) in [6.07, 6.45) is 1.71. The first-order valence-corrected chi connectivity index (χ1v) is 9.47. The third-order valence-electron chi connectivity index (χ3n) is 4.40. The van der Waals surface area contributed by atoms with Gasteiger partial charge in [-0.15, -0.1) is 0 Å². The lowest BCUT2D eigenvalue weighted by Crippen LogP contribution is -2.36. The van der Waals surface area contributed by atoms with E-state index in [-0.39, 0.29) is 0 Å². The van der Waals surface area contributed by atoms with Gasteiger partial charge in [-0.05, 0) is 54.6 Å². The van der Waals surface area contributed by atoms with E-state index in [0.29, 0.717) is 15.8 Å². The number of ether oxygens (including phenoxy) is 1. The van der Waals surface area contributed by atoms with E-state index >= 15 is 0 Å². The zero-order chi connectivity index (χ0) is 18.6.